The van der Waals surface area contributed by atoms with Crippen molar-refractivity contribution in [1.29, 1.82) is 0 Å². The quantitative estimate of drug-likeness (QED) is 0.622. The number of nitrogens with zero attached hydrogens (tertiary/aromatic N) is 4. The molecule has 1 aromatic carbocycles. The van der Waals surface area contributed by atoms with Crippen LogP contribution in [0.5, 0.6) is 0 Å². The summed E-state index contributed by atoms with van der Waals surface area (Å²) in [7, 11) is 1.90. The molecule has 3 rings (SSSR count). The van der Waals surface area contributed by atoms with Crippen molar-refractivity contribution in [2.24, 2.45) is 7.05 Å². The smallest absolute Gasteiger partial charge is 0.171 e. The van der Waals surface area contributed by atoms with Crippen LogP contribution in [-0.2, 0) is 20.1 Å². The van der Waals surface area contributed by atoms with Crippen molar-refractivity contribution in [1.82, 2.24) is 24.9 Å². The van der Waals surface area contributed by atoms with E-state index in [9.17, 15) is 0 Å². The van der Waals surface area contributed by atoms with Gasteiger partial charge in [0.15, 0.2) is 5.11 Å². The Labute approximate surface area is 160 Å². The molecule has 130 valence electrons. The second-order valence-corrected chi connectivity index (χ2v) is 6.99. The summed E-state index contributed by atoms with van der Waals surface area (Å²) in [6, 6.07) is 8.30. The third-order valence-corrected chi connectivity index (χ3v) is 4.82. The van der Waals surface area contributed by atoms with Crippen molar-refractivity contribution in [3.05, 3.63) is 64.1 Å². The average molecular weight is 419 g/mol. The van der Waals surface area contributed by atoms with Gasteiger partial charge in [-0.05, 0) is 46.2 Å². The number of hydrogen-bond acceptors (Lipinski definition) is 3. The van der Waals surface area contributed by atoms with Crippen LogP contribution in [-0.4, -0.2) is 24.7 Å². The predicted octanol–water partition coefficient (Wildman–Crippen LogP) is 3.22. The Hall–Kier alpha value is -2.19. The van der Waals surface area contributed by atoms with Gasteiger partial charge in [-0.3, -0.25) is 9.36 Å². The molecule has 3 aromatic rings. The van der Waals surface area contributed by atoms with Crippen LogP contribution in [0, 0.1) is 6.92 Å². The van der Waals surface area contributed by atoms with Gasteiger partial charge >= 0.3 is 0 Å². The number of rotatable bonds is 5. The summed E-state index contributed by atoms with van der Waals surface area (Å²) in [6.07, 6.45) is 5.48. The SMILES string of the molecule is Cc1ccccc1Cn1cc(NC(=S)NCc2c(Br)cnn2C)cn1. The van der Waals surface area contributed by atoms with E-state index in [0.29, 0.717) is 11.7 Å². The average Bonchev–Trinajstić information content (AvgIpc) is 3.15. The Morgan fingerprint density at radius 1 is 1.24 bits per heavy atom. The summed E-state index contributed by atoms with van der Waals surface area (Å²) in [5.74, 6) is 0. The van der Waals surface area contributed by atoms with Gasteiger partial charge in [0, 0.05) is 13.2 Å². The number of anilines is 1. The van der Waals surface area contributed by atoms with E-state index in [2.05, 4.69) is 55.8 Å². The summed E-state index contributed by atoms with van der Waals surface area (Å²) < 4.78 is 4.65. The maximum Gasteiger partial charge on any atom is 0.171 e. The molecule has 2 N–H and O–H groups in total. The lowest BCUT2D eigenvalue weighted by Crippen LogP contribution is -2.28. The first-order valence-corrected chi connectivity index (χ1v) is 9.01. The largest absolute Gasteiger partial charge is 0.357 e. The van der Waals surface area contributed by atoms with E-state index in [1.807, 2.05) is 30.1 Å². The van der Waals surface area contributed by atoms with E-state index < -0.39 is 0 Å². The number of thiocarbonyl (C=S) groups is 1. The van der Waals surface area contributed by atoms with Gasteiger partial charge in [0.2, 0.25) is 0 Å². The maximum absolute atomic E-state index is 5.35. The molecule has 0 aliphatic rings. The molecule has 0 atom stereocenters. The molecular weight excluding hydrogens is 400 g/mol. The summed E-state index contributed by atoms with van der Waals surface area (Å²) in [5.41, 5.74) is 4.39. The van der Waals surface area contributed by atoms with Crippen molar-refractivity contribution in [2.75, 3.05) is 5.32 Å². The molecule has 0 amide bonds. The fourth-order valence-corrected chi connectivity index (χ4v) is 3.13. The van der Waals surface area contributed by atoms with Crippen LogP contribution in [0.15, 0.2) is 47.3 Å². The number of aryl methyl sites for hydroxylation is 2. The van der Waals surface area contributed by atoms with Crippen LogP contribution in [0.3, 0.4) is 0 Å². The lowest BCUT2D eigenvalue weighted by Gasteiger charge is -2.09. The van der Waals surface area contributed by atoms with Crippen LogP contribution in [0.2, 0.25) is 0 Å². The summed E-state index contributed by atoms with van der Waals surface area (Å²) in [6.45, 7) is 3.42. The van der Waals surface area contributed by atoms with E-state index in [1.54, 1.807) is 17.1 Å². The number of nitrogens with one attached hydrogen (secondary N) is 2. The summed E-state index contributed by atoms with van der Waals surface area (Å²) >= 11 is 8.83. The molecule has 0 radical (unpaired) electrons. The molecule has 25 heavy (non-hydrogen) atoms. The maximum atomic E-state index is 5.35. The zero-order valence-electron chi connectivity index (χ0n) is 14.0. The normalized spacial score (nSPS) is 10.7. The highest BCUT2D eigenvalue weighted by Gasteiger charge is 2.07. The van der Waals surface area contributed by atoms with Gasteiger partial charge in [0.1, 0.15) is 0 Å². The third-order valence-electron chi connectivity index (χ3n) is 3.91. The van der Waals surface area contributed by atoms with Crippen LogP contribution in [0.4, 0.5) is 5.69 Å². The van der Waals surface area contributed by atoms with Crippen molar-refractivity contribution in [2.45, 2.75) is 20.0 Å². The minimum absolute atomic E-state index is 0.545. The highest BCUT2D eigenvalue weighted by molar-refractivity contribution is 9.10. The highest BCUT2D eigenvalue weighted by Crippen LogP contribution is 2.15. The van der Waals surface area contributed by atoms with Crippen LogP contribution in [0.1, 0.15) is 16.8 Å². The second kappa shape index (κ2) is 7.79. The van der Waals surface area contributed by atoms with Gasteiger partial charge in [-0.15, -0.1) is 0 Å². The Bertz CT molecular complexity index is 865. The van der Waals surface area contributed by atoms with Gasteiger partial charge in [0.05, 0.1) is 41.3 Å². The molecule has 2 aromatic heterocycles. The summed E-state index contributed by atoms with van der Waals surface area (Å²) in [4.78, 5) is 0. The molecule has 0 saturated heterocycles. The fraction of sp³-hybridized carbons (Fsp3) is 0.235. The molecule has 0 fully saturated rings. The molecule has 0 bridgehead atoms. The monoisotopic (exact) mass is 418 g/mol. The fourth-order valence-electron chi connectivity index (χ4n) is 2.45. The molecule has 0 aliphatic carbocycles. The zero-order chi connectivity index (χ0) is 17.8. The molecule has 0 saturated carbocycles. The number of aromatic nitrogens is 4. The van der Waals surface area contributed by atoms with Gasteiger partial charge in [0.25, 0.3) is 0 Å². The molecule has 6 nitrogen and oxygen atoms in total. The van der Waals surface area contributed by atoms with E-state index in [4.69, 9.17) is 12.2 Å². The first-order chi connectivity index (χ1) is 12.0. The lowest BCUT2D eigenvalue weighted by atomic mass is 10.1. The minimum atomic E-state index is 0.545. The molecular formula is C17H19BrN6S. The first-order valence-electron chi connectivity index (χ1n) is 7.81. The molecule has 2 heterocycles. The Kier molecular flexibility index (Phi) is 5.50. The highest BCUT2D eigenvalue weighted by atomic mass is 79.9. The van der Waals surface area contributed by atoms with Crippen LogP contribution >= 0.6 is 28.1 Å². The molecule has 0 unspecified atom stereocenters. The molecule has 8 heteroatoms. The van der Waals surface area contributed by atoms with E-state index in [1.165, 1.54) is 11.1 Å². The second-order valence-electron chi connectivity index (χ2n) is 5.72. The Balaban J connectivity index is 1.56. The van der Waals surface area contributed by atoms with E-state index in [0.717, 1.165) is 22.4 Å². The molecule has 0 aliphatic heterocycles. The van der Waals surface area contributed by atoms with Gasteiger partial charge < -0.3 is 10.6 Å². The summed E-state index contributed by atoms with van der Waals surface area (Å²) in [5, 5.41) is 15.4. The first kappa shape index (κ1) is 17.6. The van der Waals surface area contributed by atoms with Gasteiger partial charge in [-0.25, -0.2) is 0 Å². The Morgan fingerprint density at radius 3 is 2.76 bits per heavy atom. The molecule has 0 spiro atoms. The van der Waals surface area contributed by atoms with Crippen molar-refractivity contribution in [3.8, 4) is 0 Å². The third kappa shape index (κ3) is 4.46. The van der Waals surface area contributed by atoms with Crippen LogP contribution < -0.4 is 10.6 Å². The van der Waals surface area contributed by atoms with E-state index in [-0.39, 0.29) is 0 Å². The Morgan fingerprint density at radius 2 is 2.04 bits per heavy atom. The van der Waals surface area contributed by atoms with Gasteiger partial charge in [-0.2, -0.15) is 10.2 Å². The van der Waals surface area contributed by atoms with Crippen LogP contribution in [0.25, 0.3) is 0 Å². The van der Waals surface area contributed by atoms with Crippen molar-refractivity contribution in [3.63, 3.8) is 0 Å². The minimum Gasteiger partial charge on any atom is -0.357 e. The number of hydrogen-bond donors (Lipinski definition) is 2. The number of halogens is 1. The zero-order valence-corrected chi connectivity index (χ0v) is 16.4. The predicted molar refractivity (Wildman–Crippen MR) is 106 cm³/mol. The topological polar surface area (TPSA) is 59.7 Å². The number of benzene rings is 1. The van der Waals surface area contributed by atoms with Gasteiger partial charge in [-0.1, -0.05) is 24.3 Å². The van der Waals surface area contributed by atoms with Crippen molar-refractivity contribution >= 4 is 38.9 Å². The lowest BCUT2D eigenvalue weighted by molar-refractivity contribution is 0.684. The standard InChI is InChI=1S/C17H19BrN6S/c1-12-5-3-4-6-13(12)10-24-11-14(7-21-24)22-17(25)19-9-16-15(18)8-20-23(16)2/h3-8,11H,9-10H2,1-2H3,(H2,19,22,25). The van der Waals surface area contributed by atoms with E-state index >= 15 is 0 Å². The van der Waals surface area contributed by atoms with Crippen molar-refractivity contribution < 1.29 is 0 Å².